The smallest absolute Gasteiger partial charge is 0.124 e. The molecule has 0 atom stereocenters. The molecule has 2 nitrogen and oxygen atoms in total. The van der Waals surface area contributed by atoms with Gasteiger partial charge in [0.15, 0.2) is 0 Å². The van der Waals surface area contributed by atoms with Crippen LogP contribution in [0.25, 0.3) is 64.6 Å². The third-order valence-corrected chi connectivity index (χ3v) is 11.8. The molecule has 0 spiro atoms. The summed E-state index contributed by atoms with van der Waals surface area (Å²) in [6.07, 6.45) is 0. The monoisotopic (exact) mass is 670 g/mol. The fourth-order valence-corrected chi connectivity index (χ4v) is 9.25. The minimum Gasteiger partial charge on any atom is -0.310 e. The molecule has 0 N–H and O–H groups in total. The van der Waals surface area contributed by atoms with Crippen LogP contribution in [-0.4, -0.2) is 4.98 Å². The van der Waals surface area contributed by atoms with Crippen LogP contribution in [0.15, 0.2) is 170 Å². The molecule has 8 aromatic carbocycles. The Labute approximate surface area is 301 Å². The lowest BCUT2D eigenvalue weighted by atomic mass is 9.80. The van der Waals surface area contributed by atoms with E-state index in [2.05, 4.69) is 189 Å². The summed E-state index contributed by atoms with van der Waals surface area (Å²) in [5.41, 5.74) is 13.4. The van der Waals surface area contributed by atoms with Gasteiger partial charge in [0.2, 0.25) is 0 Å². The van der Waals surface area contributed by atoms with E-state index < -0.39 is 0 Å². The highest BCUT2D eigenvalue weighted by atomic mass is 32.1. The molecule has 242 valence electrons. The van der Waals surface area contributed by atoms with Gasteiger partial charge in [-0.2, -0.15) is 0 Å². The number of para-hydroxylation sites is 1. The number of anilines is 3. The Kier molecular flexibility index (Phi) is 6.74. The van der Waals surface area contributed by atoms with Gasteiger partial charge < -0.3 is 4.90 Å². The fourth-order valence-electron chi connectivity index (χ4n) is 8.15. The minimum absolute atomic E-state index is 0.145. The van der Waals surface area contributed by atoms with Gasteiger partial charge in [-0.15, -0.1) is 11.3 Å². The van der Waals surface area contributed by atoms with Gasteiger partial charge in [-0.25, -0.2) is 4.98 Å². The Bertz CT molecular complexity index is 2750. The zero-order valence-electron chi connectivity index (χ0n) is 28.5. The first-order valence-corrected chi connectivity index (χ1v) is 18.4. The Morgan fingerprint density at radius 1 is 0.490 bits per heavy atom. The number of thiazole rings is 1. The second kappa shape index (κ2) is 11.5. The molecule has 0 radical (unpaired) electrons. The quantitative estimate of drug-likeness (QED) is 0.181. The molecule has 1 aliphatic rings. The molecule has 3 heteroatoms. The molecule has 10 rings (SSSR count). The predicted octanol–water partition coefficient (Wildman–Crippen LogP) is 13.7. The van der Waals surface area contributed by atoms with Crippen molar-refractivity contribution in [2.45, 2.75) is 19.3 Å². The van der Waals surface area contributed by atoms with Gasteiger partial charge in [0, 0.05) is 33.4 Å². The first-order valence-electron chi connectivity index (χ1n) is 17.5. The molecule has 0 unspecified atom stereocenters. The van der Waals surface area contributed by atoms with Crippen molar-refractivity contribution in [3.63, 3.8) is 0 Å². The maximum atomic E-state index is 5.04. The van der Waals surface area contributed by atoms with Crippen molar-refractivity contribution in [2.24, 2.45) is 0 Å². The van der Waals surface area contributed by atoms with E-state index in [1.807, 2.05) is 0 Å². The third-order valence-electron chi connectivity index (χ3n) is 10.6. The van der Waals surface area contributed by atoms with Gasteiger partial charge in [-0.1, -0.05) is 129 Å². The molecule has 51 heavy (non-hydrogen) atoms. The Morgan fingerprint density at radius 2 is 1.12 bits per heavy atom. The van der Waals surface area contributed by atoms with E-state index in [4.69, 9.17) is 4.98 Å². The highest BCUT2D eigenvalue weighted by molar-refractivity contribution is 7.22. The SMILES string of the molecule is CC1(C)c2cc3ccc(N(c4ccccc4)c4ccc(-c5ccccc5)cc4)cc3cc2-c2ccc3c(ccc4nc(-c5ccccc5)sc43)c21. The van der Waals surface area contributed by atoms with E-state index in [0.29, 0.717) is 0 Å². The summed E-state index contributed by atoms with van der Waals surface area (Å²) in [6.45, 7) is 4.78. The normalized spacial score (nSPS) is 13.1. The summed E-state index contributed by atoms with van der Waals surface area (Å²) in [5, 5.41) is 6.17. The molecule has 1 aromatic heterocycles. The van der Waals surface area contributed by atoms with E-state index >= 15 is 0 Å². The number of rotatable bonds is 5. The average Bonchev–Trinajstić information content (AvgIpc) is 3.72. The largest absolute Gasteiger partial charge is 0.310 e. The van der Waals surface area contributed by atoms with Crippen molar-refractivity contribution in [1.82, 2.24) is 4.98 Å². The fraction of sp³-hybridized carbons (Fsp3) is 0.0625. The number of hydrogen-bond donors (Lipinski definition) is 0. The minimum atomic E-state index is -0.145. The van der Waals surface area contributed by atoms with Crippen LogP contribution in [0.3, 0.4) is 0 Å². The molecule has 1 heterocycles. The summed E-state index contributed by atoms with van der Waals surface area (Å²) in [4.78, 5) is 7.40. The van der Waals surface area contributed by atoms with Gasteiger partial charge in [-0.05, 0) is 104 Å². The Hall–Kier alpha value is -6.03. The molecule has 0 aliphatic heterocycles. The van der Waals surface area contributed by atoms with Crippen molar-refractivity contribution >= 4 is 60.2 Å². The van der Waals surface area contributed by atoms with Crippen LogP contribution in [0.4, 0.5) is 17.1 Å². The number of hydrogen-bond acceptors (Lipinski definition) is 3. The van der Waals surface area contributed by atoms with E-state index in [1.165, 1.54) is 65.2 Å². The van der Waals surface area contributed by atoms with Gasteiger partial charge in [0.1, 0.15) is 5.01 Å². The van der Waals surface area contributed by atoms with Crippen LogP contribution in [0.2, 0.25) is 0 Å². The second-order valence-corrected chi connectivity index (χ2v) is 15.0. The van der Waals surface area contributed by atoms with Gasteiger partial charge in [0.25, 0.3) is 0 Å². The molecular weight excluding hydrogens is 637 g/mol. The lowest BCUT2D eigenvalue weighted by Crippen LogP contribution is -2.15. The molecular formula is C48H34N2S. The first-order chi connectivity index (χ1) is 25.0. The maximum absolute atomic E-state index is 5.04. The van der Waals surface area contributed by atoms with E-state index in [-0.39, 0.29) is 5.41 Å². The molecule has 0 bridgehead atoms. The standard InChI is InChI=1S/C48H34N2S/c1-48(2)43-30-34-20-23-38(50(36-16-10-5-11-17-36)37-21-18-32(19-22-37)31-12-6-3-7-13-31)28-35(34)29-42(43)40-24-25-41-39(45(40)48)26-27-44-46(41)51-47(49-44)33-14-8-4-9-15-33/h3-30H,1-2H3. The highest BCUT2D eigenvalue weighted by Gasteiger charge is 2.37. The maximum Gasteiger partial charge on any atom is 0.124 e. The van der Waals surface area contributed by atoms with Crippen molar-refractivity contribution in [3.8, 4) is 32.8 Å². The van der Waals surface area contributed by atoms with Crippen LogP contribution < -0.4 is 4.90 Å². The van der Waals surface area contributed by atoms with E-state index in [0.717, 1.165) is 27.6 Å². The highest BCUT2D eigenvalue weighted by Crippen LogP contribution is 2.53. The molecule has 0 amide bonds. The summed E-state index contributed by atoms with van der Waals surface area (Å²) >= 11 is 1.80. The lowest BCUT2D eigenvalue weighted by molar-refractivity contribution is 0.667. The number of aromatic nitrogens is 1. The second-order valence-electron chi connectivity index (χ2n) is 14.0. The lowest BCUT2D eigenvalue weighted by Gasteiger charge is -2.26. The average molecular weight is 671 g/mol. The molecule has 0 fully saturated rings. The zero-order valence-corrected chi connectivity index (χ0v) is 29.3. The van der Waals surface area contributed by atoms with E-state index in [9.17, 15) is 0 Å². The van der Waals surface area contributed by atoms with Gasteiger partial charge >= 0.3 is 0 Å². The van der Waals surface area contributed by atoms with Crippen molar-refractivity contribution < 1.29 is 0 Å². The first kappa shape index (κ1) is 29.8. The van der Waals surface area contributed by atoms with E-state index in [1.54, 1.807) is 11.3 Å². The Morgan fingerprint density at radius 3 is 1.86 bits per heavy atom. The van der Waals surface area contributed by atoms with Gasteiger partial charge in [-0.3, -0.25) is 0 Å². The summed E-state index contributed by atoms with van der Waals surface area (Å²) in [5.74, 6) is 0. The Balaban J connectivity index is 1.09. The van der Waals surface area contributed by atoms with Crippen molar-refractivity contribution in [2.75, 3.05) is 4.90 Å². The zero-order chi connectivity index (χ0) is 34.1. The summed E-state index contributed by atoms with van der Waals surface area (Å²) < 4.78 is 1.26. The molecule has 9 aromatic rings. The van der Waals surface area contributed by atoms with Crippen LogP contribution in [-0.2, 0) is 5.41 Å². The van der Waals surface area contributed by atoms with Crippen LogP contribution in [0, 0.1) is 0 Å². The van der Waals surface area contributed by atoms with Crippen LogP contribution >= 0.6 is 11.3 Å². The number of nitrogens with zero attached hydrogens (tertiary/aromatic N) is 2. The number of fused-ring (bicyclic) bond motifs is 8. The third kappa shape index (κ3) is 4.80. The summed E-state index contributed by atoms with van der Waals surface area (Å²) in [7, 11) is 0. The number of benzene rings is 8. The van der Waals surface area contributed by atoms with Crippen LogP contribution in [0.5, 0.6) is 0 Å². The van der Waals surface area contributed by atoms with Crippen molar-refractivity contribution in [1.29, 1.82) is 0 Å². The van der Waals surface area contributed by atoms with Gasteiger partial charge in [0.05, 0.1) is 10.2 Å². The summed E-state index contributed by atoms with van der Waals surface area (Å²) in [6, 6.07) is 61.6. The molecule has 0 saturated heterocycles. The molecule has 1 aliphatic carbocycles. The van der Waals surface area contributed by atoms with Crippen molar-refractivity contribution in [3.05, 3.63) is 181 Å². The predicted molar refractivity (Wildman–Crippen MR) is 218 cm³/mol. The molecule has 0 saturated carbocycles. The van der Waals surface area contributed by atoms with Crippen LogP contribution in [0.1, 0.15) is 25.0 Å². The topological polar surface area (TPSA) is 16.1 Å².